The van der Waals surface area contributed by atoms with E-state index in [9.17, 15) is 0 Å². The lowest BCUT2D eigenvalue weighted by atomic mass is 9.87. The Bertz CT molecular complexity index is 660. The predicted molar refractivity (Wildman–Crippen MR) is 110 cm³/mol. The smallest absolute Gasteiger partial charge is 0.0946 e. The summed E-state index contributed by atoms with van der Waals surface area (Å²) in [5.74, 6) is 1.69. The van der Waals surface area contributed by atoms with Gasteiger partial charge in [-0.1, -0.05) is 55.3 Å². The average Bonchev–Trinajstić information content (AvgIpc) is 3.14. The summed E-state index contributed by atoms with van der Waals surface area (Å²) in [5.41, 5.74) is 0. The number of aromatic nitrogens is 2. The quantitative estimate of drug-likeness (QED) is 0.449. The number of hydrogen-bond acceptors (Lipinski definition) is 3. The molecule has 1 aromatic carbocycles. The number of nitrogens with zero attached hydrogens (tertiary/aromatic N) is 2. The predicted octanol–water partition coefficient (Wildman–Crippen LogP) is 6.34. The van der Waals surface area contributed by atoms with Crippen molar-refractivity contribution >= 4 is 35.0 Å². The van der Waals surface area contributed by atoms with E-state index in [2.05, 4.69) is 9.55 Å². The van der Waals surface area contributed by atoms with Crippen LogP contribution >= 0.6 is 35.0 Å². The molecule has 2 aromatic rings. The van der Waals surface area contributed by atoms with Gasteiger partial charge in [0.25, 0.3) is 0 Å². The molecule has 0 radical (unpaired) electrons. The van der Waals surface area contributed by atoms with Crippen molar-refractivity contribution in [3.63, 3.8) is 0 Å². The lowest BCUT2D eigenvalue weighted by Crippen LogP contribution is -2.24. The Balaban J connectivity index is 1.52. The van der Waals surface area contributed by atoms with Crippen LogP contribution in [0, 0.1) is 5.92 Å². The monoisotopic (exact) mass is 412 g/mol. The van der Waals surface area contributed by atoms with Gasteiger partial charge in [-0.2, -0.15) is 0 Å². The number of imidazole rings is 1. The van der Waals surface area contributed by atoms with Crippen LogP contribution in [0.4, 0.5) is 0 Å². The highest BCUT2D eigenvalue weighted by Gasteiger charge is 2.16. The molecule has 1 heterocycles. The van der Waals surface area contributed by atoms with Gasteiger partial charge < -0.3 is 9.30 Å². The first-order valence-corrected chi connectivity index (χ1v) is 11.1. The van der Waals surface area contributed by atoms with Crippen molar-refractivity contribution in [2.24, 2.45) is 5.92 Å². The highest BCUT2D eigenvalue weighted by Crippen LogP contribution is 2.31. The average molecular weight is 413 g/mol. The molecular weight excluding hydrogens is 387 g/mol. The first-order chi connectivity index (χ1) is 12.7. The van der Waals surface area contributed by atoms with Gasteiger partial charge in [0.15, 0.2) is 0 Å². The van der Waals surface area contributed by atoms with Crippen LogP contribution in [0.25, 0.3) is 0 Å². The minimum atomic E-state index is 0.129. The molecule has 0 aliphatic heterocycles. The Morgan fingerprint density at radius 2 is 2.08 bits per heavy atom. The van der Waals surface area contributed by atoms with Gasteiger partial charge in [-0.05, 0) is 30.5 Å². The molecule has 3 nitrogen and oxygen atoms in total. The number of ether oxygens (including phenoxy) is 1. The Kier molecular flexibility index (Phi) is 8.18. The van der Waals surface area contributed by atoms with E-state index in [1.807, 2.05) is 30.9 Å². The molecule has 1 saturated carbocycles. The molecule has 0 saturated heterocycles. The van der Waals surface area contributed by atoms with E-state index in [-0.39, 0.29) is 6.10 Å². The molecule has 3 rings (SSSR count). The maximum absolute atomic E-state index is 6.30. The van der Waals surface area contributed by atoms with Gasteiger partial charge in [-0.3, -0.25) is 0 Å². The SMILES string of the molecule is Clc1ccc(SCC(Cn2ccnc2)OCCC2CCCCC2)c(Cl)c1. The first-order valence-electron chi connectivity index (χ1n) is 9.36. The highest BCUT2D eigenvalue weighted by atomic mass is 35.5. The maximum atomic E-state index is 6.30. The molecule has 1 aromatic heterocycles. The van der Waals surface area contributed by atoms with Crippen LogP contribution in [-0.2, 0) is 11.3 Å². The van der Waals surface area contributed by atoms with Gasteiger partial charge in [0.2, 0.25) is 0 Å². The summed E-state index contributed by atoms with van der Waals surface area (Å²) < 4.78 is 8.34. The standard InChI is InChI=1S/C20H26Cl2N2OS/c21-17-6-7-20(19(22)12-17)26-14-18(13-24-10-9-23-15-24)25-11-8-16-4-2-1-3-5-16/h6-7,9-10,12,15-16,18H,1-5,8,11,13-14H2. The van der Waals surface area contributed by atoms with Crippen LogP contribution in [0.3, 0.4) is 0 Å². The van der Waals surface area contributed by atoms with E-state index >= 15 is 0 Å². The van der Waals surface area contributed by atoms with Crippen molar-refractivity contribution in [1.29, 1.82) is 0 Å². The van der Waals surface area contributed by atoms with Crippen LogP contribution < -0.4 is 0 Å². The summed E-state index contributed by atoms with van der Waals surface area (Å²) in [6.45, 7) is 1.64. The van der Waals surface area contributed by atoms with Crippen molar-refractivity contribution in [2.45, 2.75) is 56.1 Å². The number of benzene rings is 1. The zero-order chi connectivity index (χ0) is 18.2. The Labute approximate surface area is 170 Å². The molecule has 1 fully saturated rings. The summed E-state index contributed by atoms with van der Waals surface area (Å²) >= 11 is 14.0. The first kappa shape index (κ1) is 20.1. The third-order valence-corrected chi connectivity index (χ3v) is 6.76. The summed E-state index contributed by atoms with van der Waals surface area (Å²) in [6.07, 6.45) is 13.8. The molecule has 1 aliphatic carbocycles. The van der Waals surface area contributed by atoms with Crippen molar-refractivity contribution in [3.8, 4) is 0 Å². The van der Waals surface area contributed by atoms with E-state index in [0.717, 1.165) is 29.7 Å². The second kappa shape index (κ2) is 10.6. The van der Waals surface area contributed by atoms with Gasteiger partial charge in [0.05, 0.1) is 24.0 Å². The van der Waals surface area contributed by atoms with E-state index in [4.69, 9.17) is 27.9 Å². The van der Waals surface area contributed by atoms with E-state index in [0.29, 0.717) is 10.0 Å². The van der Waals surface area contributed by atoms with Crippen LogP contribution in [-0.4, -0.2) is 28.0 Å². The number of thioether (sulfide) groups is 1. The molecule has 0 amide bonds. The summed E-state index contributed by atoms with van der Waals surface area (Å²) in [4.78, 5) is 5.18. The molecule has 0 spiro atoms. The molecule has 0 bridgehead atoms. The minimum Gasteiger partial charge on any atom is -0.375 e. The van der Waals surface area contributed by atoms with Crippen LogP contribution in [0.1, 0.15) is 38.5 Å². The second-order valence-electron chi connectivity index (χ2n) is 6.93. The van der Waals surface area contributed by atoms with Crippen molar-refractivity contribution in [2.75, 3.05) is 12.4 Å². The molecule has 1 atom stereocenters. The summed E-state index contributed by atoms with van der Waals surface area (Å²) in [5, 5.41) is 1.36. The molecular formula is C20H26Cl2N2OS. The lowest BCUT2D eigenvalue weighted by molar-refractivity contribution is 0.0457. The molecule has 0 N–H and O–H groups in total. The van der Waals surface area contributed by atoms with Crippen LogP contribution in [0.2, 0.25) is 10.0 Å². The van der Waals surface area contributed by atoms with Gasteiger partial charge >= 0.3 is 0 Å². The molecule has 1 aliphatic rings. The zero-order valence-corrected chi connectivity index (χ0v) is 17.3. The van der Waals surface area contributed by atoms with Gasteiger partial charge in [0.1, 0.15) is 0 Å². The summed E-state index contributed by atoms with van der Waals surface area (Å²) in [6, 6.07) is 5.65. The maximum Gasteiger partial charge on any atom is 0.0946 e. The zero-order valence-electron chi connectivity index (χ0n) is 14.9. The third-order valence-electron chi connectivity index (χ3n) is 4.90. The van der Waals surface area contributed by atoms with Gasteiger partial charge in [-0.25, -0.2) is 4.98 Å². The Morgan fingerprint density at radius 3 is 2.81 bits per heavy atom. The number of hydrogen-bond donors (Lipinski definition) is 0. The Morgan fingerprint density at radius 1 is 1.23 bits per heavy atom. The fraction of sp³-hybridized carbons (Fsp3) is 0.550. The van der Waals surface area contributed by atoms with Gasteiger partial charge in [-0.15, -0.1) is 11.8 Å². The van der Waals surface area contributed by atoms with Crippen molar-refractivity contribution < 1.29 is 4.74 Å². The molecule has 6 heteroatoms. The van der Waals surface area contributed by atoms with Crippen molar-refractivity contribution in [3.05, 3.63) is 47.0 Å². The highest BCUT2D eigenvalue weighted by molar-refractivity contribution is 7.99. The molecule has 1 unspecified atom stereocenters. The minimum absolute atomic E-state index is 0.129. The third kappa shape index (κ3) is 6.49. The normalized spacial score (nSPS) is 16.7. The van der Waals surface area contributed by atoms with Crippen LogP contribution in [0.5, 0.6) is 0 Å². The van der Waals surface area contributed by atoms with Crippen molar-refractivity contribution in [1.82, 2.24) is 9.55 Å². The number of halogens is 2. The fourth-order valence-electron chi connectivity index (χ4n) is 3.44. The molecule has 26 heavy (non-hydrogen) atoms. The lowest BCUT2D eigenvalue weighted by Gasteiger charge is -2.23. The number of rotatable bonds is 9. The largest absolute Gasteiger partial charge is 0.375 e. The Hall–Kier alpha value is -0.680. The molecule has 142 valence electrons. The van der Waals surface area contributed by atoms with E-state index < -0.39 is 0 Å². The van der Waals surface area contributed by atoms with Crippen LogP contribution in [0.15, 0.2) is 41.8 Å². The van der Waals surface area contributed by atoms with E-state index in [1.165, 1.54) is 38.5 Å². The second-order valence-corrected chi connectivity index (χ2v) is 8.84. The fourth-order valence-corrected chi connectivity index (χ4v) is 4.94. The topological polar surface area (TPSA) is 27.1 Å². The summed E-state index contributed by atoms with van der Waals surface area (Å²) in [7, 11) is 0. The van der Waals surface area contributed by atoms with Gasteiger partial charge in [0, 0.05) is 34.7 Å². The van der Waals surface area contributed by atoms with E-state index in [1.54, 1.807) is 17.8 Å².